The van der Waals surface area contributed by atoms with Gasteiger partial charge in [-0.05, 0) is 30.7 Å². The highest BCUT2D eigenvalue weighted by Gasteiger charge is 2.21. The van der Waals surface area contributed by atoms with Crippen molar-refractivity contribution in [3.63, 3.8) is 0 Å². The number of rotatable bonds is 5. The predicted octanol–water partition coefficient (Wildman–Crippen LogP) is 3.71. The lowest BCUT2D eigenvalue weighted by Crippen LogP contribution is -2.16. The Balaban J connectivity index is 1.95. The van der Waals surface area contributed by atoms with Crippen LogP contribution in [0.15, 0.2) is 35.5 Å². The number of benzene rings is 1. The molecule has 0 bridgehead atoms. The number of thioether (sulfide) groups is 1. The fraction of sp³-hybridized carbons (Fsp3) is 0.375. The first-order valence-corrected chi connectivity index (χ1v) is 8.56. The largest absolute Gasteiger partial charge is 0.370 e. The molecule has 0 fully saturated rings. The third-order valence-corrected chi connectivity index (χ3v) is 4.14. The van der Waals surface area contributed by atoms with Gasteiger partial charge >= 0.3 is 0 Å². The van der Waals surface area contributed by atoms with Gasteiger partial charge in [-0.25, -0.2) is 9.97 Å². The van der Waals surface area contributed by atoms with E-state index in [0.717, 1.165) is 42.7 Å². The molecule has 0 radical (unpaired) electrons. The number of nitrogens with one attached hydrogen (secondary N) is 1. The van der Waals surface area contributed by atoms with E-state index in [2.05, 4.69) is 57.4 Å². The Bertz CT molecular complexity index is 629. The lowest BCUT2D eigenvalue weighted by atomic mass is 10.2. The smallest absolute Gasteiger partial charge is 0.191 e. The van der Waals surface area contributed by atoms with Crippen molar-refractivity contribution in [3.05, 3.63) is 35.9 Å². The summed E-state index contributed by atoms with van der Waals surface area (Å²) in [5.41, 5.74) is 2.66. The minimum atomic E-state index is 0.815. The van der Waals surface area contributed by atoms with Crippen LogP contribution in [0.2, 0.25) is 0 Å². The van der Waals surface area contributed by atoms with Crippen molar-refractivity contribution in [1.29, 1.82) is 0 Å². The molecule has 1 aromatic carbocycles. The van der Waals surface area contributed by atoms with Gasteiger partial charge in [-0.3, -0.25) is 0 Å². The first kappa shape index (κ1) is 14.2. The van der Waals surface area contributed by atoms with Crippen molar-refractivity contribution in [2.24, 2.45) is 0 Å². The maximum atomic E-state index is 4.68. The van der Waals surface area contributed by atoms with Gasteiger partial charge in [0.15, 0.2) is 5.16 Å². The van der Waals surface area contributed by atoms with Crippen LogP contribution < -0.4 is 10.2 Å². The maximum Gasteiger partial charge on any atom is 0.191 e. The molecule has 0 aliphatic carbocycles. The Morgan fingerprint density at radius 1 is 1.29 bits per heavy atom. The van der Waals surface area contributed by atoms with Crippen molar-refractivity contribution >= 4 is 29.1 Å². The van der Waals surface area contributed by atoms with E-state index in [1.807, 2.05) is 6.26 Å². The van der Waals surface area contributed by atoms with E-state index < -0.39 is 0 Å². The maximum absolute atomic E-state index is 4.68. The van der Waals surface area contributed by atoms with Gasteiger partial charge < -0.3 is 10.2 Å². The molecule has 0 unspecified atom stereocenters. The number of nitrogens with zero attached hydrogens (tertiary/aromatic N) is 3. The quantitative estimate of drug-likeness (QED) is 0.673. The Kier molecular flexibility index (Phi) is 4.29. The zero-order valence-corrected chi connectivity index (χ0v) is 13.3. The third kappa shape index (κ3) is 2.97. The van der Waals surface area contributed by atoms with Crippen LogP contribution in [0, 0.1) is 0 Å². The molecule has 4 nitrogen and oxygen atoms in total. The first-order chi connectivity index (χ1) is 10.3. The summed E-state index contributed by atoms with van der Waals surface area (Å²) >= 11 is 1.58. The number of anilines is 3. The van der Waals surface area contributed by atoms with Crippen LogP contribution in [-0.2, 0) is 6.42 Å². The lowest BCUT2D eigenvalue weighted by Gasteiger charge is -2.19. The summed E-state index contributed by atoms with van der Waals surface area (Å²) in [5, 5.41) is 4.18. The highest BCUT2D eigenvalue weighted by Crippen LogP contribution is 2.34. The molecule has 1 aliphatic rings. The lowest BCUT2D eigenvalue weighted by molar-refractivity contribution is 0.895. The van der Waals surface area contributed by atoms with Crippen molar-refractivity contribution in [2.45, 2.75) is 24.9 Å². The van der Waals surface area contributed by atoms with Crippen LogP contribution in [0.4, 0.5) is 17.3 Å². The molecule has 0 amide bonds. The fourth-order valence-corrected chi connectivity index (χ4v) is 2.94. The van der Waals surface area contributed by atoms with Crippen LogP contribution in [0.3, 0.4) is 0 Å². The molecule has 1 N–H and O–H groups in total. The van der Waals surface area contributed by atoms with E-state index in [9.17, 15) is 0 Å². The zero-order valence-electron chi connectivity index (χ0n) is 12.5. The average molecular weight is 300 g/mol. The fourth-order valence-electron chi connectivity index (χ4n) is 2.56. The van der Waals surface area contributed by atoms with Gasteiger partial charge in [0.25, 0.3) is 0 Å². The van der Waals surface area contributed by atoms with Gasteiger partial charge in [-0.1, -0.05) is 36.9 Å². The number of hydrogen-bond acceptors (Lipinski definition) is 5. The summed E-state index contributed by atoms with van der Waals surface area (Å²) in [6.45, 7) is 4.07. The molecule has 2 aromatic rings. The Morgan fingerprint density at radius 2 is 2.14 bits per heavy atom. The SMILES string of the molecule is CCCNc1cc(N2CCc3ccccc32)nc(SC)n1. The van der Waals surface area contributed by atoms with Crippen LogP contribution in [0.5, 0.6) is 0 Å². The first-order valence-electron chi connectivity index (χ1n) is 7.34. The minimum Gasteiger partial charge on any atom is -0.370 e. The third-order valence-electron chi connectivity index (χ3n) is 3.59. The number of aromatic nitrogens is 2. The van der Waals surface area contributed by atoms with E-state index in [1.54, 1.807) is 11.8 Å². The average Bonchev–Trinajstić information content (AvgIpc) is 2.96. The van der Waals surface area contributed by atoms with E-state index >= 15 is 0 Å². The predicted molar refractivity (Wildman–Crippen MR) is 89.7 cm³/mol. The number of hydrogen-bond donors (Lipinski definition) is 1. The van der Waals surface area contributed by atoms with Gasteiger partial charge in [0.1, 0.15) is 11.6 Å². The van der Waals surface area contributed by atoms with E-state index in [4.69, 9.17) is 0 Å². The topological polar surface area (TPSA) is 41.0 Å². The molecule has 0 atom stereocenters. The Morgan fingerprint density at radius 3 is 2.95 bits per heavy atom. The molecule has 1 aliphatic heterocycles. The van der Waals surface area contributed by atoms with E-state index in [1.165, 1.54) is 11.3 Å². The van der Waals surface area contributed by atoms with Gasteiger partial charge in [0.2, 0.25) is 0 Å². The summed E-state index contributed by atoms with van der Waals surface area (Å²) in [4.78, 5) is 11.5. The van der Waals surface area contributed by atoms with E-state index in [-0.39, 0.29) is 0 Å². The second-order valence-corrected chi connectivity index (χ2v) is 5.83. The van der Waals surface area contributed by atoms with Crippen LogP contribution in [-0.4, -0.2) is 29.3 Å². The number of fused-ring (bicyclic) bond motifs is 1. The van der Waals surface area contributed by atoms with Gasteiger partial charge in [0.05, 0.1) is 0 Å². The van der Waals surface area contributed by atoms with Crippen LogP contribution >= 0.6 is 11.8 Å². The molecule has 1 aromatic heterocycles. The standard InChI is InChI=1S/C16H20N4S/c1-3-9-17-14-11-15(19-16(18-14)21-2)20-10-8-12-6-4-5-7-13(12)20/h4-7,11H,3,8-10H2,1-2H3,(H,17,18,19). The van der Waals surface area contributed by atoms with Gasteiger partial charge in [-0.15, -0.1) is 0 Å². The second kappa shape index (κ2) is 6.35. The van der Waals surface area contributed by atoms with Crippen LogP contribution in [0.25, 0.3) is 0 Å². The van der Waals surface area contributed by atoms with Crippen molar-refractivity contribution < 1.29 is 0 Å². The Labute approximate surface area is 130 Å². The van der Waals surface area contributed by atoms with Crippen molar-refractivity contribution in [2.75, 3.05) is 29.6 Å². The number of para-hydroxylation sites is 1. The summed E-state index contributed by atoms with van der Waals surface area (Å²) in [5.74, 6) is 1.90. The van der Waals surface area contributed by atoms with E-state index in [0.29, 0.717) is 0 Å². The van der Waals surface area contributed by atoms with Crippen LogP contribution in [0.1, 0.15) is 18.9 Å². The molecule has 21 heavy (non-hydrogen) atoms. The molecule has 5 heteroatoms. The molecule has 2 heterocycles. The molecule has 3 rings (SSSR count). The second-order valence-electron chi connectivity index (χ2n) is 5.06. The normalized spacial score (nSPS) is 13.3. The minimum absolute atomic E-state index is 0.815. The zero-order chi connectivity index (χ0) is 14.7. The monoisotopic (exact) mass is 300 g/mol. The molecular weight excluding hydrogens is 280 g/mol. The van der Waals surface area contributed by atoms with Gasteiger partial charge in [0, 0.05) is 24.8 Å². The molecular formula is C16H20N4S. The Hall–Kier alpha value is -1.75. The molecule has 0 spiro atoms. The highest BCUT2D eigenvalue weighted by molar-refractivity contribution is 7.98. The van der Waals surface area contributed by atoms with Crippen molar-refractivity contribution in [1.82, 2.24) is 9.97 Å². The highest BCUT2D eigenvalue weighted by atomic mass is 32.2. The summed E-state index contributed by atoms with van der Waals surface area (Å²) in [6, 6.07) is 10.6. The molecule has 110 valence electrons. The summed E-state index contributed by atoms with van der Waals surface area (Å²) in [7, 11) is 0. The molecule has 0 saturated heterocycles. The van der Waals surface area contributed by atoms with Crippen molar-refractivity contribution in [3.8, 4) is 0 Å². The summed E-state index contributed by atoms with van der Waals surface area (Å²) in [6.07, 6.45) is 4.17. The molecule has 0 saturated carbocycles. The van der Waals surface area contributed by atoms with Gasteiger partial charge in [-0.2, -0.15) is 0 Å². The summed E-state index contributed by atoms with van der Waals surface area (Å²) < 4.78 is 0.